The number of carbonyl (C=O) groups excluding carboxylic acids is 2. The summed E-state index contributed by atoms with van der Waals surface area (Å²) in [6.45, 7) is 5.98. The molecule has 1 unspecified atom stereocenters. The summed E-state index contributed by atoms with van der Waals surface area (Å²) in [6.07, 6.45) is 6.13. The lowest BCUT2D eigenvalue weighted by molar-refractivity contribution is 0.0456. The van der Waals surface area contributed by atoms with Crippen LogP contribution in [0.3, 0.4) is 0 Å². The van der Waals surface area contributed by atoms with Gasteiger partial charge in [0.2, 0.25) is 0 Å². The number of phenols is 1. The first kappa shape index (κ1) is 27.8. The van der Waals surface area contributed by atoms with Crippen LogP contribution in [-0.4, -0.2) is 55.9 Å². The number of hydrogen-bond donors (Lipinski definition) is 2. The summed E-state index contributed by atoms with van der Waals surface area (Å²) in [5, 5.41) is 18.1. The van der Waals surface area contributed by atoms with Gasteiger partial charge in [0.1, 0.15) is 5.75 Å². The van der Waals surface area contributed by atoms with Crippen LogP contribution in [0.25, 0.3) is 10.9 Å². The number of fused-ring (bicyclic) bond motifs is 2. The van der Waals surface area contributed by atoms with E-state index in [0.29, 0.717) is 41.2 Å². The highest BCUT2D eigenvalue weighted by Gasteiger charge is 2.29. The number of aryl methyl sites for hydroxylation is 1. The van der Waals surface area contributed by atoms with Crippen LogP contribution in [0.2, 0.25) is 0 Å². The Balaban J connectivity index is 1.32. The topological polar surface area (TPSA) is 89.5 Å². The number of aromatic nitrogens is 2. The fourth-order valence-electron chi connectivity index (χ4n) is 5.74. The molecule has 2 aromatic carbocycles. The van der Waals surface area contributed by atoms with E-state index in [1.165, 1.54) is 24.6 Å². The van der Waals surface area contributed by atoms with Gasteiger partial charge in [-0.1, -0.05) is 31.9 Å². The molecule has 1 aromatic heterocycles. The zero-order valence-electron chi connectivity index (χ0n) is 23.1. The van der Waals surface area contributed by atoms with E-state index in [0.717, 1.165) is 49.6 Å². The molecule has 40 heavy (non-hydrogen) atoms. The van der Waals surface area contributed by atoms with Crippen molar-refractivity contribution < 1.29 is 23.5 Å². The number of allylic oxidation sites excluding steroid dienone is 2. The van der Waals surface area contributed by atoms with Gasteiger partial charge in [0.05, 0.1) is 16.8 Å². The summed E-state index contributed by atoms with van der Waals surface area (Å²) in [5.74, 6) is -2.89. The third kappa shape index (κ3) is 5.88. The van der Waals surface area contributed by atoms with Crippen LogP contribution in [0.5, 0.6) is 5.75 Å². The maximum atomic E-state index is 14.0. The Kier molecular flexibility index (Phi) is 7.92. The van der Waals surface area contributed by atoms with E-state index in [1.54, 1.807) is 11.8 Å². The first-order valence-corrected chi connectivity index (χ1v) is 14.1. The van der Waals surface area contributed by atoms with Gasteiger partial charge in [0.25, 0.3) is 17.7 Å². The molecule has 0 spiro atoms. The monoisotopic (exact) mass is 550 g/mol. The number of amides is 2. The van der Waals surface area contributed by atoms with Gasteiger partial charge in [-0.15, -0.1) is 0 Å². The fourth-order valence-corrected chi connectivity index (χ4v) is 5.74. The third-order valence-electron chi connectivity index (χ3n) is 8.11. The van der Waals surface area contributed by atoms with Gasteiger partial charge >= 0.3 is 0 Å². The van der Waals surface area contributed by atoms with E-state index in [2.05, 4.69) is 17.1 Å². The lowest BCUT2D eigenvalue weighted by Gasteiger charge is -2.27. The second-order valence-corrected chi connectivity index (χ2v) is 11.2. The number of aromatic hydroxyl groups is 1. The summed E-state index contributed by atoms with van der Waals surface area (Å²) in [7, 11) is 0. The molecule has 5 rings (SSSR count). The van der Waals surface area contributed by atoms with Crippen molar-refractivity contribution in [2.45, 2.75) is 71.4 Å². The van der Waals surface area contributed by atoms with E-state index in [4.69, 9.17) is 0 Å². The van der Waals surface area contributed by atoms with Gasteiger partial charge in [-0.2, -0.15) is 5.10 Å². The first-order chi connectivity index (χ1) is 19.1. The van der Waals surface area contributed by atoms with Crippen molar-refractivity contribution in [1.82, 2.24) is 20.0 Å². The normalized spacial score (nSPS) is 18.2. The second kappa shape index (κ2) is 11.4. The highest BCUT2D eigenvalue weighted by molar-refractivity contribution is 6.01. The molecule has 3 aromatic rings. The van der Waals surface area contributed by atoms with Crippen LogP contribution in [0.4, 0.5) is 8.78 Å². The van der Waals surface area contributed by atoms with E-state index in [-0.39, 0.29) is 29.5 Å². The highest BCUT2D eigenvalue weighted by Crippen LogP contribution is 2.32. The van der Waals surface area contributed by atoms with Crippen molar-refractivity contribution >= 4 is 22.7 Å². The fraction of sp³-hybridized carbons (Fsp3) is 0.452. The Labute approximate surface area is 232 Å². The molecule has 7 nitrogen and oxygen atoms in total. The van der Waals surface area contributed by atoms with E-state index >= 15 is 0 Å². The number of nitrogens with one attached hydrogen (secondary N) is 1. The number of benzene rings is 2. The van der Waals surface area contributed by atoms with Crippen molar-refractivity contribution in [3.8, 4) is 5.75 Å². The van der Waals surface area contributed by atoms with Crippen molar-refractivity contribution in [1.29, 1.82) is 0 Å². The number of alkyl halides is 2. The van der Waals surface area contributed by atoms with Crippen LogP contribution in [0, 0.1) is 5.92 Å². The van der Waals surface area contributed by atoms with Crippen molar-refractivity contribution in [3.05, 3.63) is 70.4 Å². The number of phenolic OH excluding ortho intramolecular Hbond substituents is 1. The molecule has 212 valence electrons. The van der Waals surface area contributed by atoms with Crippen LogP contribution in [-0.2, 0) is 19.5 Å². The summed E-state index contributed by atoms with van der Waals surface area (Å²) in [6, 6.07) is 8.57. The van der Waals surface area contributed by atoms with Crippen molar-refractivity contribution in [2.24, 2.45) is 5.92 Å². The lowest BCUT2D eigenvalue weighted by atomic mass is 9.97. The van der Waals surface area contributed by atoms with Gasteiger partial charge in [0.15, 0.2) is 0 Å². The predicted octanol–water partition coefficient (Wildman–Crippen LogP) is 6.22. The molecule has 3 heterocycles. The number of H-pyrrole nitrogens is 1. The van der Waals surface area contributed by atoms with Crippen LogP contribution >= 0.6 is 0 Å². The number of carbonyl (C=O) groups is 2. The maximum absolute atomic E-state index is 14.0. The van der Waals surface area contributed by atoms with Gasteiger partial charge in [-0.3, -0.25) is 14.7 Å². The number of halogens is 2. The van der Waals surface area contributed by atoms with Gasteiger partial charge in [-0.25, -0.2) is 8.78 Å². The Morgan fingerprint density at radius 2 is 1.88 bits per heavy atom. The highest BCUT2D eigenvalue weighted by atomic mass is 19.3. The summed E-state index contributed by atoms with van der Waals surface area (Å²) in [5.41, 5.74) is 3.49. The first-order valence-electron chi connectivity index (χ1n) is 14.1. The lowest BCUT2D eigenvalue weighted by Crippen LogP contribution is -2.34. The molecule has 1 fully saturated rings. The quantitative estimate of drug-likeness (QED) is 0.357. The Hall–Kier alpha value is -3.75. The molecule has 9 heteroatoms. The molecule has 2 aliphatic heterocycles. The Morgan fingerprint density at radius 3 is 2.67 bits per heavy atom. The average molecular weight is 551 g/mol. The Bertz CT molecular complexity index is 1450. The Morgan fingerprint density at radius 1 is 1.07 bits per heavy atom. The largest absolute Gasteiger partial charge is 0.507 e. The molecule has 2 amide bonds. The molecule has 2 N–H and O–H groups in total. The standard InChI is InChI=1S/C31H36F2N4O3/c1-3-11-31(32,33)12-9-26-24-16-25(28(38)17-27(24)35-34-26)30(40)37-18-22-8-7-21(15-23(22)19-37)29(39)36-13-5-4-6-20(2)10-14-36/h3,7-8,11,15-17,20,38H,4-6,9-10,12-14,18-19H2,1-2H3,(H,34,35)/b11-3+. The molecule has 0 aliphatic carbocycles. The van der Waals surface area contributed by atoms with E-state index in [9.17, 15) is 23.5 Å². The molecule has 0 saturated carbocycles. The van der Waals surface area contributed by atoms with Gasteiger partial charge in [-0.05, 0) is 67.5 Å². The van der Waals surface area contributed by atoms with Crippen LogP contribution in [0.1, 0.15) is 83.5 Å². The molecule has 0 radical (unpaired) electrons. The number of rotatable bonds is 6. The van der Waals surface area contributed by atoms with Crippen molar-refractivity contribution in [3.63, 3.8) is 0 Å². The zero-order chi connectivity index (χ0) is 28.4. The minimum absolute atomic E-state index is 0.0115. The molecule has 1 atom stereocenters. The zero-order valence-corrected chi connectivity index (χ0v) is 23.1. The third-order valence-corrected chi connectivity index (χ3v) is 8.11. The summed E-state index contributed by atoms with van der Waals surface area (Å²) >= 11 is 0. The molecule has 0 bridgehead atoms. The maximum Gasteiger partial charge on any atom is 0.266 e. The SMILES string of the molecule is C/C=C/C(F)(F)CCc1n[nH]c2cc(O)c(C(=O)N3Cc4ccc(C(=O)N5CCCCC(C)CC5)cc4C3)cc12. The number of aromatic amines is 1. The predicted molar refractivity (Wildman–Crippen MR) is 149 cm³/mol. The second-order valence-electron chi connectivity index (χ2n) is 11.2. The van der Waals surface area contributed by atoms with Gasteiger partial charge in [0, 0.05) is 49.6 Å². The number of likely N-dealkylation sites (tertiary alicyclic amines) is 1. The van der Waals surface area contributed by atoms with Gasteiger partial charge < -0.3 is 14.9 Å². The molecule has 2 aliphatic rings. The minimum atomic E-state index is -2.96. The average Bonchev–Trinajstić information content (AvgIpc) is 3.52. The smallest absolute Gasteiger partial charge is 0.266 e. The van der Waals surface area contributed by atoms with Crippen LogP contribution in [0.15, 0.2) is 42.5 Å². The molecular weight excluding hydrogens is 514 g/mol. The number of nitrogens with zero attached hydrogens (tertiary/aromatic N) is 3. The van der Waals surface area contributed by atoms with Crippen molar-refractivity contribution in [2.75, 3.05) is 13.1 Å². The summed E-state index contributed by atoms with van der Waals surface area (Å²) < 4.78 is 28.0. The van der Waals surface area contributed by atoms with Crippen LogP contribution < -0.4 is 0 Å². The number of hydrogen-bond acceptors (Lipinski definition) is 4. The molecule has 1 saturated heterocycles. The molecular formula is C31H36F2N4O3. The minimum Gasteiger partial charge on any atom is -0.507 e. The van der Waals surface area contributed by atoms with E-state index < -0.39 is 12.3 Å². The summed E-state index contributed by atoms with van der Waals surface area (Å²) in [4.78, 5) is 30.4. The van der Waals surface area contributed by atoms with E-state index in [1.807, 2.05) is 23.1 Å².